The lowest BCUT2D eigenvalue weighted by atomic mass is 9.93. The summed E-state index contributed by atoms with van der Waals surface area (Å²) in [7, 11) is 0. The van der Waals surface area contributed by atoms with Crippen LogP contribution in [0.1, 0.15) is 69.0 Å². The summed E-state index contributed by atoms with van der Waals surface area (Å²) in [6, 6.07) is -0.126. The van der Waals surface area contributed by atoms with Crippen molar-refractivity contribution in [3.8, 4) is 0 Å². The number of nitrogens with one attached hydrogen (secondary N) is 1. The minimum Gasteiger partial charge on any atom is -0.393 e. The summed E-state index contributed by atoms with van der Waals surface area (Å²) in [6.07, 6.45) is 7.94. The summed E-state index contributed by atoms with van der Waals surface area (Å²) >= 11 is 0. The second-order valence-corrected chi connectivity index (χ2v) is 6.01. The monoisotopic (exact) mass is 265 g/mol. The van der Waals surface area contributed by atoms with Crippen LogP contribution >= 0.6 is 0 Å². The fraction of sp³-hybridized carbons (Fsp3) is 0.786. The van der Waals surface area contributed by atoms with Gasteiger partial charge in [-0.15, -0.1) is 0 Å². The number of nitrogens with two attached hydrogens (primary N) is 1. The first-order chi connectivity index (χ1) is 9.18. The van der Waals surface area contributed by atoms with E-state index in [-0.39, 0.29) is 11.6 Å². The van der Waals surface area contributed by atoms with Crippen LogP contribution in [0.2, 0.25) is 0 Å². The van der Waals surface area contributed by atoms with Crippen LogP contribution < -0.4 is 11.3 Å². The Morgan fingerprint density at radius 3 is 2.42 bits per heavy atom. The number of aliphatic hydroxyl groups excluding tert-OH is 1. The molecule has 3 rings (SSSR count). The van der Waals surface area contributed by atoms with Crippen molar-refractivity contribution in [1.29, 1.82) is 0 Å². The van der Waals surface area contributed by atoms with E-state index in [4.69, 9.17) is 5.73 Å². The number of aliphatic hydroxyl groups is 1. The van der Waals surface area contributed by atoms with Gasteiger partial charge in [0.05, 0.1) is 17.8 Å². The van der Waals surface area contributed by atoms with E-state index >= 15 is 0 Å². The molecule has 0 aromatic carbocycles. The van der Waals surface area contributed by atoms with Crippen LogP contribution in [0.3, 0.4) is 0 Å². The number of nitrogens with zero attached hydrogens (tertiary/aromatic N) is 1. The zero-order valence-electron chi connectivity index (χ0n) is 11.3. The van der Waals surface area contributed by atoms with E-state index in [1.807, 2.05) is 0 Å². The van der Waals surface area contributed by atoms with Crippen LogP contribution in [0.15, 0.2) is 4.79 Å². The smallest absolute Gasteiger partial charge is 0.290 e. The first kappa shape index (κ1) is 12.8. The van der Waals surface area contributed by atoms with Gasteiger partial charge < -0.3 is 10.8 Å². The van der Waals surface area contributed by atoms with Crippen molar-refractivity contribution in [3.05, 3.63) is 16.0 Å². The molecule has 4 N–H and O–H groups in total. The Kier molecular flexibility index (Phi) is 3.39. The largest absolute Gasteiger partial charge is 0.393 e. The van der Waals surface area contributed by atoms with E-state index in [0.717, 1.165) is 44.2 Å². The molecule has 2 atom stereocenters. The van der Waals surface area contributed by atoms with Crippen LogP contribution in [0, 0.1) is 0 Å². The summed E-state index contributed by atoms with van der Waals surface area (Å²) in [5.41, 5.74) is 7.11. The van der Waals surface area contributed by atoms with Gasteiger partial charge in [-0.2, -0.15) is 0 Å². The van der Waals surface area contributed by atoms with Crippen molar-refractivity contribution in [2.45, 2.75) is 69.4 Å². The molecule has 106 valence electrons. The SMILES string of the molecule is Nc1c(C2CCCC2)[nH]n(C2CCCCC2O)c1=O. The lowest BCUT2D eigenvalue weighted by Crippen LogP contribution is -2.34. The lowest BCUT2D eigenvalue weighted by Gasteiger charge is -2.27. The molecule has 1 aromatic heterocycles. The van der Waals surface area contributed by atoms with Gasteiger partial charge in [0.15, 0.2) is 0 Å². The quantitative estimate of drug-likeness (QED) is 0.763. The normalized spacial score (nSPS) is 28.9. The number of anilines is 1. The molecule has 5 nitrogen and oxygen atoms in total. The highest BCUT2D eigenvalue weighted by atomic mass is 16.3. The standard InChI is InChI=1S/C14H23N3O2/c15-12-13(9-5-1-2-6-9)16-17(14(12)19)10-7-3-4-8-11(10)18/h9-11,16,18H,1-8,15H2. The third kappa shape index (κ3) is 2.20. The van der Waals surface area contributed by atoms with Crippen molar-refractivity contribution in [1.82, 2.24) is 9.78 Å². The molecule has 0 radical (unpaired) electrons. The Morgan fingerprint density at radius 2 is 1.74 bits per heavy atom. The van der Waals surface area contributed by atoms with Gasteiger partial charge in [0.1, 0.15) is 5.69 Å². The minimum atomic E-state index is -0.430. The topological polar surface area (TPSA) is 84.0 Å². The molecule has 2 saturated carbocycles. The number of nitrogen functional groups attached to an aromatic ring is 1. The third-order valence-electron chi connectivity index (χ3n) is 4.77. The summed E-state index contributed by atoms with van der Waals surface area (Å²) in [6.45, 7) is 0. The van der Waals surface area contributed by atoms with E-state index < -0.39 is 6.10 Å². The highest BCUT2D eigenvalue weighted by molar-refractivity contribution is 5.43. The predicted octanol–water partition coefficient (Wildman–Crippen LogP) is 1.89. The number of aromatic amines is 1. The molecule has 1 aromatic rings. The Bertz CT molecular complexity index is 499. The number of rotatable bonds is 2. The molecule has 2 fully saturated rings. The van der Waals surface area contributed by atoms with Gasteiger partial charge in [0, 0.05) is 5.92 Å². The van der Waals surface area contributed by atoms with Crippen LogP contribution in [0.4, 0.5) is 5.69 Å². The summed E-state index contributed by atoms with van der Waals surface area (Å²) < 4.78 is 1.59. The molecule has 0 spiro atoms. The van der Waals surface area contributed by atoms with E-state index in [0.29, 0.717) is 11.6 Å². The average Bonchev–Trinajstić information content (AvgIpc) is 3.02. The van der Waals surface area contributed by atoms with Gasteiger partial charge in [-0.3, -0.25) is 9.89 Å². The zero-order chi connectivity index (χ0) is 13.4. The molecule has 2 aliphatic rings. The van der Waals surface area contributed by atoms with Crippen molar-refractivity contribution in [3.63, 3.8) is 0 Å². The molecule has 5 heteroatoms. The van der Waals surface area contributed by atoms with Crippen molar-refractivity contribution >= 4 is 5.69 Å². The maximum absolute atomic E-state index is 12.3. The maximum Gasteiger partial charge on any atom is 0.290 e. The summed E-state index contributed by atoms with van der Waals surface area (Å²) in [5, 5.41) is 13.3. The van der Waals surface area contributed by atoms with Crippen molar-refractivity contribution in [2.75, 3.05) is 5.73 Å². The van der Waals surface area contributed by atoms with Gasteiger partial charge >= 0.3 is 0 Å². The first-order valence-electron chi connectivity index (χ1n) is 7.46. The van der Waals surface area contributed by atoms with Crippen molar-refractivity contribution in [2.24, 2.45) is 0 Å². The van der Waals surface area contributed by atoms with Gasteiger partial charge in [-0.1, -0.05) is 25.7 Å². The summed E-state index contributed by atoms with van der Waals surface area (Å²) in [5.74, 6) is 0.398. The predicted molar refractivity (Wildman–Crippen MR) is 74.2 cm³/mol. The summed E-state index contributed by atoms with van der Waals surface area (Å²) in [4.78, 5) is 12.3. The van der Waals surface area contributed by atoms with Gasteiger partial charge in [0.2, 0.25) is 0 Å². The molecule has 0 aliphatic heterocycles. The Morgan fingerprint density at radius 1 is 1.11 bits per heavy atom. The molecular weight excluding hydrogens is 242 g/mol. The third-order valence-corrected chi connectivity index (χ3v) is 4.77. The van der Waals surface area contributed by atoms with Gasteiger partial charge in [-0.05, 0) is 25.7 Å². The fourth-order valence-corrected chi connectivity index (χ4v) is 3.64. The molecule has 0 saturated heterocycles. The van der Waals surface area contributed by atoms with Crippen LogP contribution in [0.25, 0.3) is 0 Å². The molecule has 19 heavy (non-hydrogen) atoms. The van der Waals surface area contributed by atoms with Crippen LogP contribution in [-0.2, 0) is 0 Å². The molecule has 2 aliphatic carbocycles. The second kappa shape index (κ2) is 5.04. The van der Waals surface area contributed by atoms with E-state index in [9.17, 15) is 9.90 Å². The first-order valence-corrected chi connectivity index (χ1v) is 7.46. The second-order valence-electron chi connectivity index (χ2n) is 6.01. The van der Waals surface area contributed by atoms with Gasteiger partial charge in [-0.25, -0.2) is 4.68 Å². The van der Waals surface area contributed by atoms with Crippen molar-refractivity contribution < 1.29 is 5.11 Å². The number of aromatic nitrogens is 2. The fourth-order valence-electron chi connectivity index (χ4n) is 3.64. The Labute approximate surface area is 112 Å². The minimum absolute atomic E-state index is 0.126. The highest BCUT2D eigenvalue weighted by Crippen LogP contribution is 2.36. The zero-order valence-corrected chi connectivity index (χ0v) is 11.3. The Hall–Kier alpha value is -1.23. The molecule has 0 amide bonds. The van der Waals surface area contributed by atoms with E-state index in [2.05, 4.69) is 5.10 Å². The highest BCUT2D eigenvalue weighted by Gasteiger charge is 2.30. The Balaban J connectivity index is 1.93. The van der Waals surface area contributed by atoms with E-state index in [1.54, 1.807) is 4.68 Å². The average molecular weight is 265 g/mol. The molecular formula is C14H23N3O2. The molecule has 2 unspecified atom stereocenters. The van der Waals surface area contributed by atoms with Crippen LogP contribution in [0.5, 0.6) is 0 Å². The number of hydrogen-bond acceptors (Lipinski definition) is 3. The number of H-pyrrole nitrogens is 1. The van der Waals surface area contributed by atoms with Gasteiger partial charge in [0.25, 0.3) is 5.56 Å². The van der Waals surface area contributed by atoms with Crippen LogP contribution in [-0.4, -0.2) is 21.0 Å². The van der Waals surface area contributed by atoms with E-state index in [1.165, 1.54) is 12.8 Å². The molecule has 0 bridgehead atoms. The lowest BCUT2D eigenvalue weighted by molar-refractivity contribution is 0.0676. The number of hydrogen-bond donors (Lipinski definition) is 3. The maximum atomic E-state index is 12.3. The molecule has 1 heterocycles.